The summed E-state index contributed by atoms with van der Waals surface area (Å²) in [6.45, 7) is 6.31. The lowest BCUT2D eigenvalue weighted by Gasteiger charge is -2.49. The van der Waals surface area contributed by atoms with E-state index in [0.29, 0.717) is 0 Å². The fourth-order valence-electron chi connectivity index (χ4n) is 15.5. The Morgan fingerprint density at radius 3 is 1.42 bits per heavy atom. The molecule has 0 unspecified atom stereocenters. The minimum atomic E-state index is -2.35. The van der Waals surface area contributed by atoms with Crippen molar-refractivity contribution in [1.82, 2.24) is 42.5 Å². The molecule has 0 aromatic heterocycles. The fourth-order valence-corrected chi connectivity index (χ4v) is 15.7. The van der Waals surface area contributed by atoms with E-state index in [1.807, 2.05) is 0 Å². The number of thiocarbonyl (C=S) groups is 1. The van der Waals surface area contributed by atoms with Gasteiger partial charge in [-0.1, -0.05) is 36.4 Å². The van der Waals surface area contributed by atoms with Crippen LogP contribution in [0.1, 0.15) is 135 Å². The number of fused-ring (bicyclic) bond motifs is 14. The maximum atomic E-state index is 16.2. The normalized spacial score (nSPS) is 25.5. The number of hydrogen-bond donors (Lipinski definition) is 16. The van der Waals surface area contributed by atoms with Gasteiger partial charge in [0.25, 0.3) is 0 Å². The zero-order chi connectivity index (χ0) is 95.4. The number of aromatic hydroxyl groups is 6. The van der Waals surface area contributed by atoms with Crippen LogP contribution in [0.15, 0.2) is 121 Å². The second-order valence-electron chi connectivity index (χ2n) is 30.8. The van der Waals surface area contributed by atoms with E-state index in [2.05, 4.69) is 42.5 Å². The van der Waals surface area contributed by atoms with Crippen molar-refractivity contribution >= 4 is 101 Å². The molecular weight excluding hydrogens is 1770 g/mol. The van der Waals surface area contributed by atoms with Crippen LogP contribution in [0.3, 0.4) is 0 Å². The van der Waals surface area contributed by atoms with Crippen LogP contribution < -0.4 is 56.7 Å². The second-order valence-corrected chi connectivity index (χ2v) is 31.2. The number of benzene rings is 7. The van der Waals surface area contributed by atoms with Gasteiger partial charge in [-0.05, 0) is 131 Å². The highest BCUT2D eigenvalue weighted by molar-refractivity contribution is 7.80. The summed E-state index contributed by atoms with van der Waals surface area (Å²) < 4.78 is 82.3. The number of esters is 8. The predicted molar refractivity (Wildman–Crippen MR) is 443 cm³/mol. The lowest BCUT2D eigenvalue weighted by atomic mass is 9.89. The van der Waals surface area contributed by atoms with Gasteiger partial charge in [-0.15, -0.1) is 0 Å². The van der Waals surface area contributed by atoms with Crippen molar-refractivity contribution in [2.24, 2.45) is 0 Å². The highest BCUT2D eigenvalue weighted by Gasteiger charge is 2.58. The molecular formula is C87H86N8O36S. The molecule has 45 heteroatoms. The molecule has 19 atom stereocenters. The highest BCUT2D eigenvalue weighted by atomic mass is 32.1. The number of methoxy groups -OCH3 is 1. The average Bonchev–Trinajstić information content (AvgIpc) is 0.726. The molecule has 44 nitrogen and oxygen atoms in total. The summed E-state index contributed by atoms with van der Waals surface area (Å²) in [4.78, 5) is 199. The Kier molecular flexibility index (Phi) is 28.2. The van der Waals surface area contributed by atoms with E-state index in [1.165, 1.54) is 55.5 Å². The van der Waals surface area contributed by atoms with E-state index < -0.39 is 303 Å². The molecule has 0 aliphatic carbocycles. The third-order valence-corrected chi connectivity index (χ3v) is 21.7. The number of amides is 6. The summed E-state index contributed by atoms with van der Waals surface area (Å²) in [5.41, 5.74) is -3.13. The molecule has 7 aromatic rings. The molecule has 0 spiro atoms. The van der Waals surface area contributed by atoms with Crippen molar-refractivity contribution < 1.29 is 174 Å². The summed E-state index contributed by atoms with van der Waals surface area (Å²) in [5, 5.41) is 115. The lowest BCUT2D eigenvalue weighted by molar-refractivity contribution is -0.345. The Labute approximate surface area is 751 Å². The average molecular weight is 1850 g/mol. The van der Waals surface area contributed by atoms with Crippen LogP contribution in [0.2, 0.25) is 0 Å². The number of phenols is 6. The topological polar surface area (TPSA) is 626 Å². The smallest absolute Gasteiger partial charge is 0.333 e. The first kappa shape index (κ1) is 94.4. The van der Waals surface area contributed by atoms with Crippen LogP contribution in [0.4, 0.5) is 0 Å². The molecule has 16 N–H and O–H groups in total. The summed E-state index contributed by atoms with van der Waals surface area (Å²) in [6, 6.07) is 6.79. The second kappa shape index (κ2) is 39.4. The number of hydrogen-bond acceptors (Lipinski definition) is 37. The van der Waals surface area contributed by atoms with Gasteiger partial charge in [-0.3, -0.25) is 62.3 Å². The molecule has 8 aliphatic rings. The summed E-state index contributed by atoms with van der Waals surface area (Å²) in [6.07, 6.45) is -23.5. The monoisotopic (exact) mass is 1850 g/mol. The van der Waals surface area contributed by atoms with Crippen molar-refractivity contribution in [1.29, 1.82) is 0 Å². The van der Waals surface area contributed by atoms with Gasteiger partial charge in [0, 0.05) is 76.8 Å². The molecule has 15 rings (SSSR count). The SMILES string of the molecule is COC(=O)[C@@H]1NC(=O)[C@H]2NC(=O)[C@H](NC(=O)[C@@H]3NC(=O)[C@H]4NC(=O)[C@H](NC(=O)[C@@H](NC(=S)N[C@@H]5O[C@H](COC(C)=O)[C@@H](O[C@H]6O[C@H](COC(C)=O)[C@@H](OC(C)=O)[C@H](OC(C)=O)[C@H]6OC(C)=O)[C@H](OC(C)=O)[C@H]5OC(C)=O)c5ccc(O)c(c5)Oc5cc4cc(O)c5C)[C@H](O)c4ccc(cc4)Oc4cc3cc(c4O)Oc3ccc(cc3)[C@H]2O)c2ccc(O)c(c2)-c2c(O)cc(O)cc21. The van der Waals surface area contributed by atoms with E-state index >= 15 is 24.0 Å². The maximum absolute atomic E-state index is 16.2. The van der Waals surface area contributed by atoms with Crippen molar-refractivity contribution in [3.8, 4) is 80.1 Å². The number of rotatable bonds is 14. The van der Waals surface area contributed by atoms with E-state index in [-0.39, 0.29) is 39.3 Å². The Morgan fingerprint density at radius 2 is 0.871 bits per heavy atom. The summed E-state index contributed by atoms with van der Waals surface area (Å²) in [5.74, 6) is -23.6. The molecule has 2 fully saturated rings. The molecule has 6 amide bonds. The van der Waals surface area contributed by atoms with E-state index in [4.69, 9.17) is 78.5 Å². The molecule has 0 saturated carbocycles. The number of aliphatic hydroxyl groups excluding tert-OH is 2. The van der Waals surface area contributed by atoms with E-state index in [1.54, 1.807) is 0 Å². The van der Waals surface area contributed by atoms with Gasteiger partial charge in [-0.25, -0.2) is 4.79 Å². The van der Waals surface area contributed by atoms with Gasteiger partial charge in [-0.2, -0.15) is 0 Å². The first-order valence-electron chi connectivity index (χ1n) is 40.2. The summed E-state index contributed by atoms with van der Waals surface area (Å²) >= 11 is 5.94. The molecule has 696 valence electrons. The summed E-state index contributed by atoms with van der Waals surface area (Å²) in [7, 11) is 0.939. The van der Waals surface area contributed by atoms with Gasteiger partial charge >= 0.3 is 47.8 Å². The minimum absolute atomic E-state index is 0.112. The van der Waals surface area contributed by atoms with Crippen LogP contribution >= 0.6 is 12.2 Å². The van der Waals surface area contributed by atoms with Crippen molar-refractivity contribution in [3.05, 3.63) is 166 Å². The standard InChI is InChI=1S/C87H86N8O36S/c1-32-53(106)23-44-25-55(32)128-56-24-43(15-21-52(56)105)63(94-87(132)95-84-76(124-38(7)101)74(122-36(5)99)73(59(129-84)30-119-33(2)96)131-86-77(125-39(8)102)75(123-37(6)100)72(121-35(4)98)60(130-86)31-120-34(3)97)79(112)93-67-69(108)40-10-16-47(17-11-40)126-57-26-45-27-58(71(57)110)127-48-18-12-41(13-19-48)70(109)68-83(116)91-66(85(117)118-9)50-28-46(103)29-54(107)61(50)49-22-42(14-20-51(49)104)62(78(111)92-68)88-81(114)65(45)89-80(113)64(44)90-82(67)115/h10-29,59-60,62-70,72-77,84,86,103-110H,30-31H2,1-9H3,(H,88,114)(H,89,113)(H,90,115)(H,91,116)(H,92,111)(H,93,112)(H2,94,95,132)/t59-,60-,62-,63+,64+,65-,66-,67-,68+,69-,70-,72-,73-,74+,75+,76-,77-,84-,86-/m1/s1. The van der Waals surface area contributed by atoms with Gasteiger partial charge in [0.05, 0.1) is 7.11 Å². The zero-order valence-corrected chi connectivity index (χ0v) is 71.7. The molecule has 0 radical (unpaired) electrons. The molecule has 132 heavy (non-hydrogen) atoms. The Bertz CT molecular complexity index is 5800. The number of carbonyl (C=O) groups is 14. The van der Waals surface area contributed by atoms with Gasteiger partial charge in [0.2, 0.25) is 41.2 Å². The Balaban J connectivity index is 0.908. The van der Waals surface area contributed by atoms with Crippen LogP contribution in [0.5, 0.6) is 69.0 Å². The predicted octanol–water partition coefficient (Wildman–Crippen LogP) is 2.69. The first-order chi connectivity index (χ1) is 62.6. The number of nitrogens with one attached hydrogen (secondary N) is 8. The Hall–Kier alpha value is -15.2. The number of aliphatic hydroxyl groups is 2. The molecule has 8 aliphatic heterocycles. The first-order valence-corrected chi connectivity index (χ1v) is 40.6. The van der Waals surface area contributed by atoms with Gasteiger partial charge in [0.1, 0.15) is 120 Å². The Morgan fingerprint density at radius 1 is 0.417 bits per heavy atom. The van der Waals surface area contributed by atoms with Crippen LogP contribution in [0.25, 0.3) is 11.1 Å². The zero-order valence-electron chi connectivity index (χ0n) is 70.8. The van der Waals surface area contributed by atoms with Gasteiger partial charge in [0.15, 0.2) is 77.2 Å². The van der Waals surface area contributed by atoms with Crippen LogP contribution in [-0.2, 0) is 119 Å². The molecule has 7 aromatic carbocycles. The minimum Gasteiger partial charge on any atom is -0.508 e. The molecule has 17 bridgehead atoms. The quantitative estimate of drug-likeness (QED) is 0.0423. The van der Waals surface area contributed by atoms with Crippen molar-refractivity contribution in [2.75, 3.05) is 20.3 Å². The van der Waals surface area contributed by atoms with Crippen molar-refractivity contribution in [3.63, 3.8) is 0 Å². The fraction of sp³-hybridized carbons (Fsp3) is 0.345. The van der Waals surface area contributed by atoms with Crippen LogP contribution in [0, 0.1) is 6.92 Å². The third-order valence-electron chi connectivity index (χ3n) is 21.5. The number of carbonyl (C=O) groups excluding carboxylic acids is 14. The molecule has 2 saturated heterocycles. The van der Waals surface area contributed by atoms with Gasteiger partial charge < -0.3 is 150 Å². The van der Waals surface area contributed by atoms with E-state index in [0.717, 1.165) is 128 Å². The number of phenolic OH excluding ortho intramolecular Hbond substituents is 6. The van der Waals surface area contributed by atoms with Crippen molar-refractivity contribution in [2.45, 2.75) is 171 Å². The highest BCUT2D eigenvalue weighted by Crippen LogP contribution is 2.49. The number of ether oxygens (including phenoxy) is 14. The largest absolute Gasteiger partial charge is 0.508 e. The maximum Gasteiger partial charge on any atom is 0.333 e. The van der Waals surface area contributed by atoms with Crippen LogP contribution in [-0.4, -0.2) is 223 Å². The third kappa shape index (κ3) is 20.9. The van der Waals surface area contributed by atoms with E-state index in [9.17, 15) is 84.0 Å². The lowest BCUT2D eigenvalue weighted by Crippen LogP contribution is -2.69. The molecule has 8 heterocycles.